The molecule has 72 valence electrons. The normalized spacial score (nSPS) is 29.5. The maximum absolute atomic E-state index is 12.0. The van der Waals surface area contributed by atoms with E-state index in [9.17, 15) is 12.9 Å². The molecule has 1 saturated carbocycles. The first-order valence-electron chi connectivity index (χ1n) is 4.44. The first-order valence-corrected chi connectivity index (χ1v) is 4.44. The molecule has 1 aliphatic carbocycles. The average Bonchev–Trinajstić information content (AvgIpc) is 1.91. The van der Waals surface area contributed by atoms with Crippen molar-refractivity contribution in [2.75, 3.05) is 0 Å². The first-order chi connectivity index (χ1) is 5.47. The Morgan fingerprint density at radius 1 is 1.08 bits per heavy atom. The van der Waals surface area contributed by atoms with Crippen molar-refractivity contribution in [1.82, 2.24) is 0 Å². The van der Waals surface area contributed by atoms with Crippen LogP contribution in [0.1, 0.15) is 25.7 Å². The summed E-state index contributed by atoms with van der Waals surface area (Å²) in [6.45, 7) is -4.59. The van der Waals surface area contributed by atoms with Gasteiger partial charge in [0.05, 0.1) is 0 Å². The minimum absolute atomic E-state index is 0. The standard InChI is InChI=1S/C7H14BF3N.K/c9-8(10,11)5-6-1-3-7(12)4-2-6;/h6-7H,1-5,12H2;/q-1;+1. The van der Waals surface area contributed by atoms with Gasteiger partial charge in [0.15, 0.2) is 0 Å². The maximum Gasteiger partial charge on any atom is 1.00 e. The van der Waals surface area contributed by atoms with Crippen molar-refractivity contribution in [2.24, 2.45) is 11.7 Å². The van der Waals surface area contributed by atoms with E-state index in [0.29, 0.717) is 12.8 Å². The number of hydrogen-bond acceptors (Lipinski definition) is 1. The van der Waals surface area contributed by atoms with Gasteiger partial charge in [-0.3, -0.25) is 0 Å². The van der Waals surface area contributed by atoms with Gasteiger partial charge >= 0.3 is 58.4 Å². The van der Waals surface area contributed by atoms with Gasteiger partial charge in [0, 0.05) is 6.04 Å². The summed E-state index contributed by atoms with van der Waals surface area (Å²) in [5, 5.41) is 0. The van der Waals surface area contributed by atoms with Gasteiger partial charge < -0.3 is 18.7 Å². The topological polar surface area (TPSA) is 26.0 Å². The summed E-state index contributed by atoms with van der Waals surface area (Å²) in [5.41, 5.74) is 5.58. The molecule has 0 aromatic carbocycles. The van der Waals surface area contributed by atoms with E-state index < -0.39 is 13.3 Å². The molecule has 0 aromatic rings. The van der Waals surface area contributed by atoms with Crippen molar-refractivity contribution in [2.45, 2.75) is 38.0 Å². The Kier molecular flexibility index (Phi) is 6.81. The van der Waals surface area contributed by atoms with Crippen LogP contribution in [0.5, 0.6) is 0 Å². The molecule has 0 heterocycles. The fraction of sp³-hybridized carbons (Fsp3) is 1.00. The molecule has 0 spiro atoms. The van der Waals surface area contributed by atoms with Gasteiger partial charge in [-0.15, -0.1) is 0 Å². The molecule has 6 heteroatoms. The molecule has 0 aromatic heterocycles. The molecule has 0 aliphatic heterocycles. The number of nitrogens with two attached hydrogens (primary N) is 1. The van der Waals surface area contributed by atoms with Crippen LogP contribution in [0, 0.1) is 5.92 Å². The van der Waals surface area contributed by atoms with Gasteiger partial charge in [-0.1, -0.05) is 25.1 Å². The molecule has 0 radical (unpaired) electrons. The summed E-state index contributed by atoms with van der Waals surface area (Å²) in [6, 6.07) is 0.141. The summed E-state index contributed by atoms with van der Waals surface area (Å²) in [6.07, 6.45) is 2.27. The summed E-state index contributed by atoms with van der Waals surface area (Å²) < 4.78 is 35.9. The minimum atomic E-state index is -4.59. The van der Waals surface area contributed by atoms with Crippen LogP contribution in [0.15, 0.2) is 0 Å². The van der Waals surface area contributed by atoms with E-state index in [0.717, 1.165) is 12.8 Å². The molecule has 2 N–H and O–H groups in total. The molecule has 0 atom stereocenters. The van der Waals surface area contributed by atoms with E-state index in [-0.39, 0.29) is 63.3 Å². The van der Waals surface area contributed by atoms with Crippen molar-refractivity contribution < 1.29 is 64.3 Å². The number of hydrogen-bond donors (Lipinski definition) is 1. The van der Waals surface area contributed by atoms with Crippen LogP contribution in [-0.4, -0.2) is 13.0 Å². The van der Waals surface area contributed by atoms with Crippen LogP contribution in [0.4, 0.5) is 12.9 Å². The zero-order valence-electron chi connectivity index (χ0n) is 7.98. The van der Waals surface area contributed by atoms with Crippen molar-refractivity contribution >= 4 is 6.98 Å². The molecule has 1 aliphatic rings. The zero-order valence-corrected chi connectivity index (χ0v) is 11.1. The number of rotatable bonds is 2. The van der Waals surface area contributed by atoms with Crippen LogP contribution < -0.4 is 57.1 Å². The monoisotopic (exact) mass is 219 g/mol. The third-order valence-electron chi connectivity index (χ3n) is 2.49. The summed E-state index contributed by atoms with van der Waals surface area (Å²) >= 11 is 0. The molecule has 0 unspecified atom stereocenters. The Bertz CT molecular complexity index is 145. The molecule has 0 saturated heterocycles. The quantitative estimate of drug-likeness (QED) is 0.614. The molecule has 1 rings (SSSR count). The van der Waals surface area contributed by atoms with Gasteiger partial charge in [-0.2, -0.15) is 0 Å². The summed E-state index contributed by atoms with van der Waals surface area (Å²) in [7, 11) is 0. The Morgan fingerprint density at radius 2 is 1.54 bits per heavy atom. The van der Waals surface area contributed by atoms with E-state index in [4.69, 9.17) is 5.73 Å². The van der Waals surface area contributed by atoms with E-state index in [1.54, 1.807) is 0 Å². The SMILES string of the molecule is NC1CCC(C[B-](F)(F)F)CC1.[K+]. The molecule has 1 nitrogen and oxygen atoms in total. The maximum atomic E-state index is 12.0. The Balaban J connectivity index is 0.00000144. The van der Waals surface area contributed by atoms with E-state index in [2.05, 4.69) is 0 Å². The first kappa shape index (κ1) is 14.5. The van der Waals surface area contributed by atoms with E-state index >= 15 is 0 Å². The van der Waals surface area contributed by atoms with Gasteiger partial charge in [-0.25, -0.2) is 0 Å². The summed E-state index contributed by atoms with van der Waals surface area (Å²) in [4.78, 5) is 0. The molecule has 1 fully saturated rings. The smallest absolute Gasteiger partial charge is 0.449 e. The third kappa shape index (κ3) is 6.52. The Labute approximate surface area is 119 Å². The van der Waals surface area contributed by atoms with E-state index in [1.165, 1.54) is 0 Å². The molecule has 0 bridgehead atoms. The molecule has 13 heavy (non-hydrogen) atoms. The van der Waals surface area contributed by atoms with Crippen molar-refractivity contribution in [1.29, 1.82) is 0 Å². The average molecular weight is 219 g/mol. The fourth-order valence-corrected chi connectivity index (χ4v) is 1.80. The predicted octanol–water partition coefficient (Wildman–Crippen LogP) is -0.645. The van der Waals surface area contributed by atoms with Gasteiger partial charge in [0.25, 0.3) is 0 Å². The van der Waals surface area contributed by atoms with Crippen molar-refractivity contribution in [3.05, 3.63) is 0 Å². The second kappa shape index (κ2) is 6.13. The molecular formula is C7H14BF3KN. The van der Waals surface area contributed by atoms with Crippen LogP contribution >= 0.6 is 0 Å². The fourth-order valence-electron chi connectivity index (χ4n) is 1.80. The van der Waals surface area contributed by atoms with E-state index in [1.807, 2.05) is 0 Å². The van der Waals surface area contributed by atoms with Gasteiger partial charge in [0.1, 0.15) is 0 Å². The number of halogens is 3. The molecular weight excluding hydrogens is 205 g/mol. The van der Waals surface area contributed by atoms with Gasteiger partial charge in [0.2, 0.25) is 0 Å². The zero-order chi connectivity index (χ0) is 9.19. The predicted molar refractivity (Wildman–Crippen MR) is 43.8 cm³/mol. The summed E-state index contributed by atoms with van der Waals surface area (Å²) in [5.74, 6) is -0.148. The Hall–Kier alpha value is 1.45. The van der Waals surface area contributed by atoms with Crippen LogP contribution in [0.25, 0.3) is 0 Å². The van der Waals surface area contributed by atoms with Crippen molar-refractivity contribution in [3.8, 4) is 0 Å². The second-order valence-corrected chi connectivity index (χ2v) is 3.73. The second-order valence-electron chi connectivity index (χ2n) is 3.73. The minimum Gasteiger partial charge on any atom is -0.449 e. The van der Waals surface area contributed by atoms with Crippen LogP contribution in [0.3, 0.4) is 0 Å². The largest absolute Gasteiger partial charge is 1.00 e. The Morgan fingerprint density at radius 3 is 1.92 bits per heavy atom. The van der Waals surface area contributed by atoms with Crippen LogP contribution in [0.2, 0.25) is 6.32 Å². The van der Waals surface area contributed by atoms with Crippen molar-refractivity contribution in [3.63, 3.8) is 0 Å². The van der Waals surface area contributed by atoms with Gasteiger partial charge in [-0.05, 0) is 12.8 Å². The van der Waals surface area contributed by atoms with Crippen LogP contribution in [-0.2, 0) is 0 Å². The molecule has 0 amide bonds. The third-order valence-corrected chi connectivity index (χ3v) is 2.49.